The van der Waals surface area contributed by atoms with Crippen molar-refractivity contribution in [3.63, 3.8) is 0 Å². The summed E-state index contributed by atoms with van der Waals surface area (Å²) >= 11 is 0. The molecule has 0 bridgehead atoms. The molecule has 0 radical (unpaired) electrons. The fourth-order valence-electron chi connectivity index (χ4n) is 1.70. The molecular weight excluding hydrogens is 178 g/mol. The molecule has 2 rings (SSSR count). The van der Waals surface area contributed by atoms with Crippen LogP contribution in [0, 0.1) is 5.92 Å². The van der Waals surface area contributed by atoms with E-state index in [9.17, 15) is 0 Å². The molecule has 0 spiro atoms. The van der Waals surface area contributed by atoms with Crippen LogP contribution in [0.4, 0.5) is 0 Å². The van der Waals surface area contributed by atoms with Gasteiger partial charge in [-0.3, -0.25) is 5.32 Å². The summed E-state index contributed by atoms with van der Waals surface area (Å²) in [6.07, 6.45) is 2.64. The molecule has 0 aromatic rings. The van der Waals surface area contributed by atoms with Crippen molar-refractivity contribution in [1.29, 1.82) is 0 Å². The number of hydrogen-bond acceptors (Lipinski definition) is 3. The highest BCUT2D eigenvalue weighted by Gasteiger charge is 2.22. The van der Waals surface area contributed by atoms with Crippen LogP contribution in [0.5, 0.6) is 0 Å². The van der Waals surface area contributed by atoms with Crippen molar-refractivity contribution in [2.45, 2.75) is 19.1 Å². The Morgan fingerprint density at radius 3 is 2.83 bits per heavy atom. The molecule has 2 unspecified atom stereocenters. The van der Waals surface area contributed by atoms with Gasteiger partial charge in [0.2, 0.25) is 0 Å². The molecular formula is C8H16ClNO2. The lowest BCUT2D eigenvalue weighted by atomic mass is 10.0. The second kappa shape index (κ2) is 5.02. The van der Waals surface area contributed by atoms with Crippen LogP contribution in [-0.4, -0.2) is 32.6 Å². The smallest absolute Gasteiger partial charge is 0.108 e. The van der Waals surface area contributed by atoms with E-state index < -0.39 is 0 Å². The van der Waals surface area contributed by atoms with Gasteiger partial charge in [-0.05, 0) is 18.8 Å². The summed E-state index contributed by atoms with van der Waals surface area (Å²) < 4.78 is 10.7. The van der Waals surface area contributed by atoms with Crippen LogP contribution in [0.25, 0.3) is 0 Å². The number of hydrogen-bond donors (Lipinski definition) is 1. The molecule has 3 nitrogen and oxygen atoms in total. The Morgan fingerprint density at radius 1 is 1.33 bits per heavy atom. The molecule has 12 heavy (non-hydrogen) atoms. The Kier molecular flexibility index (Phi) is 4.29. The predicted molar refractivity (Wildman–Crippen MR) is 48.5 cm³/mol. The van der Waals surface area contributed by atoms with E-state index >= 15 is 0 Å². The van der Waals surface area contributed by atoms with Crippen molar-refractivity contribution in [1.82, 2.24) is 5.32 Å². The molecule has 0 amide bonds. The first-order chi connectivity index (χ1) is 5.45. The lowest BCUT2D eigenvalue weighted by Crippen LogP contribution is -2.25. The molecule has 0 aromatic carbocycles. The fourth-order valence-corrected chi connectivity index (χ4v) is 1.70. The van der Waals surface area contributed by atoms with E-state index in [0.29, 0.717) is 6.23 Å². The molecule has 0 saturated carbocycles. The summed E-state index contributed by atoms with van der Waals surface area (Å²) in [5.41, 5.74) is 0. The normalized spacial score (nSPS) is 35.0. The fraction of sp³-hybridized carbons (Fsp3) is 1.00. The lowest BCUT2D eigenvalue weighted by Gasteiger charge is -2.13. The minimum atomic E-state index is 0. The van der Waals surface area contributed by atoms with Gasteiger partial charge in [0.1, 0.15) is 6.23 Å². The molecule has 0 aromatic heterocycles. The second-order valence-corrected chi connectivity index (χ2v) is 3.28. The summed E-state index contributed by atoms with van der Waals surface area (Å²) in [6.45, 7) is 3.76. The van der Waals surface area contributed by atoms with E-state index in [2.05, 4.69) is 5.32 Å². The van der Waals surface area contributed by atoms with Crippen LogP contribution < -0.4 is 5.32 Å². The van der Waals surface area contributed by atoms with Gasteiger partial charge in [0.05, 0.1) is 6.61 Å². The molecule has 2 saturated heterocycles. The van der Waals surface area contributed by atoms with Crippen molar-refractivity contribution in [2.24, 2.45) is 5.92 Å². The first kappa shape index (κ1) is 10.3. The van der Waals surface area contributed by atoms with Crippen molar-refractivity contribution in [2.75, 3.05) is 26.4 Å². The zero-order valence-electron chi connectivity index (χ0n) is 7.12. The van der Waals surface area contributed by atoms with Gasteiger partial charge < -0.3 is 9.47 Å². The summed E-state index contributed by atoms with van der Waals surface area (Å²) in [7, 11) is 0. The predicted octanol–water partition coefficient (Wildman–Crippen LogP) is 0.781. The third kappa shape index (κ3) is 2.59. The number of halogens is 1. The van der Waals surface area contributed by atoms with E-state index in [1.54, 1.807) is 0 Å². The maximum Gasteiger partial charge on any atom is 0.108 e. The molecule has 2 heterocycles. The minimum Gasteiger partial charge on any atom is -0.381 e. The first-order valence-corrected chi connectivity index (χ1v) is 4.38. The van der Waals surface area contributed by atoms with Crippen LogP contribution in [0.3, 0.4) is 0 Å². The van der Waals surface area contributed by atoms with Crippen LogP contribution in [0.15, 0.2) is 0 Å². The van der Waals surface area contributed by atoms with Gasteiger partial charge in [0, 0.05) is 19.8 Å². The highest BCUT2D eigenvalue weighted by atomic mass is 35.5. The molecule has 72 valence electrons. The van der Waals surface area contributed by atoms with Crippen molar-refractivity contribution in [3.8, 4) is 0 Å². The largest absolute Gasteiger partial charge is 0.381 e. The highest BCUT2D eigenvalue weighted by molar-refractivity contribution is 5.85. The van der Waals surface area contributed by atoms with E-state index in [0.717, 1.165) is 38.7 Å². The van der Waals surface area contributed by atoms with Gasteiger partial charge in [0.15, 0.2) is 0 Å². The summed E-state index contributed by atoms with van der Waals surface area (Å²) in [5, 5.41) is 3.31. The summed E-state index contributed by atoms with van der Waals surface area (Å²) in [6, 6.07) is 0. The van der Waals surface area contributed by atoms with Crippen molar-refractivity contribution < 1.29 is 9.47 Å². The van der Waals surface area contributed by atoms with Crippen molar-refractivity contribution in [3.05, 3.63) is 0 Å². The average molecular weight is 194 g/mol. The number of ether oxygens (including phenoxy) is 2. The Bertz CT molecular complexity index is 108. The molecule has 1 N–H and O–H groups in total. The minimum absolute atomic E-state index is 0. The molecule has 2 fully saturated rings. The monoisotopic (exact) mass is 193 g/mol. The quantitative estimate of drug-likeness (QED) is 0.703. The van der Waals surface area contributed by atoms with E-state index in [1.807, 2.05) is 0 Å². The Labute approximate surface area is 79.2 Å². The van der Waals surface area contributed by atoms with E-state index in [1.165, 1.54) is 6.42 Å². The average Bonchev–Trinajstić information content (AvgIpc) is 2.60. The first-order valence-electron chi connectivity index (χ1n) is 4.38. The van der Waals surface area contributed by atoms with Gasteiger partial charge in [-0.1, -0.05) is 0 Å². The van der Waals surface area contributed by atoms with E-state index in [4.69, 9.17) is 9.47 Å². The Balaban J connectivity index is 0.000000720. The van der Waals surface area contributed by atoms with Gasteiger partial charge in [0.25, 0.3) is 0 Å². The van der Waals surface area contributed by atoms with Crippen molar-refractivity contribution >= 4 is 12.4 Å². The lowest BCUT2D eigenvalue weighted by molar-refractivity contribution is 0.0759. The highest BCUT2D eigenvalue weighted by Crippen LogP contribution is 2.19. The SMILES string of the molecule is C1COC(CC2CCOC2)N1.Cl. The van der Waals surface area contributed by atoms with E-state index in [-0.39, 0.29) is 12.4 Å². The zero-order chi connectivity index (χ0) is 7.52. The van der Waals surface area contributed by atoms with Crippen LogP contribution in [-0.2, 0) is 9.47 Å². The number of rotatable bonds is 2. The maximum absolute atomic E-state index is 5.45. The van der Waals surface area contributed by atoms with Crippen LogP contribution in [0.2, 0.25) is 0 Å². The van der Waals surface area contributed by atoms with Gasteiger partial charge >= 0.3 is 0 Å². The van der Waals surface area contributed by atoms with Gasteiger partial charge in [-0.2, -0.15) is 0 Å². The third-order valence-electron chi connectivity index (χ3n) is 2.36. The van der Waals surface area contributed by atoms with Crippen LogP contribution >= 0.6 is 12.4 Å². The standard InChI is InChI=1S/C8H15NO2.ClH/c1-3-10-6-7(1)5-8-9-2-4-11-8;/h7-9H,1-6H2;1H. The summed E-state index contributed by atoms with van der Waals surface area (Å²) in [4.78, 5) is 0. The van der Waals surface area contributed by atoms with Gasteiger partial charge in [-0.15, -0.1) is 12.4 Å². The van der Waals surface area contributed by atoms with Gasteiger partial charge in [-0.25, -0.2) is 0 Å². The Hall–Kier alpha value is 0.170. The molecule has 2 aliphatic heterocycles. The zero-order valence-corrected chi connectivity index (χ0v) is 7.94. The topological polar surface area (TPSA) is 30.5 Å². The third-order valence-corrected chi connectivity index (χ3v) is 2.36. The number of nitrogens with one attached hydrogen (secondary N) is 1. The molecule has 4 heteroatoms. The molecule has 2 atom stereocenters. The second-order valence-electron chi connectivity index (χ2n) is 3.28. The summed E-state index contributed by atoms with van der Waals surface area (Å²) in [5.74, 6) is 0.727. The molecule has 2 aliphatic rings. The van der Waals surface area contributed by atoms with Crippen LogP contribution in [0.1, 0.15) is 12.8 Å². The maximum atomic E-state index is 5.45. The molecule has 0 aliphatic carbocycles. The Morgan fingerprint density at radius 2 is 2.25 bits per heavy atom.